The standard InChI is InChI=1S/C22H19FN2O/c1-16(17-12-14-20(23)15-13-17)24-25-22(26)21(18-8-4-2-5-9-18)19-10-6-3-7-11-19/h2-15,21H,1H3,(H,25,26). The Kier molecular flexibility index (Phi) is 5.54. The van der Waals surface area contributed by atoms with E-state index in [1.807, 2.05) is 60.7 Å². The second kappa shape index (κ2) is 8.21. The van der Waals surface area contributed by atoms with Crippen LogP contribution in [0.3, 0.4) is 0 Å². The van der Waals surface area contributed by atoms with Gasteiger partial charge in [0.15, 0.2) is 0 Å². The molecule has 0 aliphatic carbocycles. The van der Waals surface area contributed by atoms with Crippen molar-refractivity contribution in [2.45, 2.75) is 12.8 Å². The molecule has 0 saturated carbocycles. The summed E-state index contributed by atoms with van der Waals surface area (Å²) in [6.07, 6.45) is 0. The molecule has 3 aromatic rings. The number of carbonyl (C=O) groups excluding carboxylic acids is 1. The third-order valence-electron chi connectivity index (χ3n) is 4.12. The minimum absolute atomic E-state index is 0.219. The number of carbonyl (C=O) groups is 1. The first kappa shape index (κ1) is 17.5. The fourth-order valence-corrected chi connectivity index (χ4v) is 2.75. The molecule has 0 atom stereocenters. The Morgan fingerprint density at radius 1 is 0.846 bits per heavy atom. The fraction of sp³-hybridized carbons (Fsp3) is 0.0909. The summed E-state index contributed by atoms with van der Waals surface area (Å²) in [5.74, 6) is -0.982. The summed E-state index contributed by atoms with van der Waals surface area (Å²) in [7, 11) is 0. The molecular weight excluding hydrogens is 327 g/mol. The van der Waals surface area contributed by atoms with Gasteiger partial charge < -0.3 is 0 Å². The normalized spacial score (nSPS) is 11.4. The van der Waals surface area contributed by atoms with Gasteiger partial charge >= 0.3 is 0 Å². The van der Waals surface area contributed by atoms with Crippen LogP contribution in [0.25, 0.3) is 0 Å². The van der Waals surface area contributed by atoms with Crippen LogP contribution >= 0.6 is 0 Å². The third-order valence-corrected chi connectivity index (χ3v) is 4.12. The predicted octanol–water partition coefficient (Wildman–Crippen LogP) is 4.50. The van der Waals surface area contributed by atoms with Crippen LogP contribution in [0.1, 0.15) is 29.5 Å². The third kappa shape index (κ3) is 4.22. The molecule has 130 valence electrons. The first-order valence-corrected chi connectivity index (χ1v) is 8.35. The minimum atomic E-state index is -0.456. The van der Waals surface area contributed by atoms with Gasteiger partial charge in [-0.15, -0.1) is 0 Å². The van der Waals surface area contributed by atoms with Gasteiger partial charge in [0.05, 0.1) is 11.6 Å². The SMILES string of the molecule is CC(=NNC(=O)C(c1ccccc1)c1ccccc1)c1ccc(F)cc1. The summed E-state index contributed by atoms with van der Waals surface area (Å²) >= 11 is 0. The highest BCUT2D eigenvalue weighted by Gasteiger charge is 2.22. The summed E-state index contributed by atoms with van der Waals surface area (Å²) < 4.78 is 13.0. The molecule has 3 aromatic carbocycles. The summed E-state index contributed by atoms with van der Waals surface area (Å²) in [4.78, 5) is 12.9. The van der Waals surface area contributed by atoms with Crippen molar-refractivity contribution in [3.05, 3.63) is 107 Å². The van der Waals surface area contributed by atoms with E-state index in [4.69, 9.17) is 0 Å². The average molecular weight is 346 g/mol. The maximum absolute atomic E-state index is 13.0. The number of nitrogens with one attached hydrogen (secondary N) is 1. The maximum atomic E-state index is 13.0. The summed E-state index contributed by atoms with van der Waals surface area (Å²) in [5, 5.41) is 4.19. The Bertz CT molecular complexity index is 851. The number of hydrogen-bond donors (Lipinski definition) is 1. The van der Waals surface area contributed by atoms with E-state index in [0.717, 1.165) is 16.7 Å². The smallest absolute Gasteiger partial charge is 0.252 e. The van der Waals surface area contributed by atoms with E-state index in [0.29, 0.717) is 5.71 Å². The van der Waals surface area contributed by atoms with Crippen molar-refractivity contribution in [1.29, 1.82) is 0 Å². The van der Waals surface area contributed by atoms with Crippen molar-refractivity contribution in [2.75, 3.05) is 0 Å². The van der Waals surface area contributed by atoms with Crippen molar-refractivity contribution in [3.8, 4) is 0 Å². The molecule has 0 aromatic heterocycles. The van der Waals surface area contributed by atoms with E-state index in [2.05, 4.69) is 10.5 Å². The van der Waals surface area contributed by atoms with Gasteiger partial charge in [-0.25, -0.2) is 9.82 Å². The zero-order chi connectivity index (χ0) is 18.4. The number of halogens is 1. The van der Waals surface area contributed by atoms with Crippen molar-refractivity contribution >= 4 is 11.6 Å². The lowest BCUT2D eigenvalue weighted by atomic mass is 9.91. The Balaban J connectivity index is 1.84. The molecule has 1 amide bonds. The van der Waals surface area contributed by atoms with E-state index in [9.17, 15) is 9.18 Å². The Hall–Kier alpha value is -3.27. The lowest BCUT2D eigenvalue weighted by molar-refractivity contribution is -0.121. The number of rotatable bonds is 5. The van der Waals surface area contributed by atoms with E-state index >= 15 is 0 Å². The van der Waals surface area contributed by atoms with E-state index in [1.54, 1.807) is 19.1 Å². The van der Waals surface area contributed by atoms with E-state index in [1.165, 1.54) is 12.1 Å². The summed E-state index contributed by atoms with van der Waals surface area (Å²) in [6, 6.07) is 25.2. The molecule has 1 N–H and O–H groups in total. The van der Waals surface area contributed by atoms with Gasteiger partial charge in [-0.3, -0.25) is 4.79 Å². The molecule has 0 saturated heterocycles. The molecule has 0 spiro atoms. The highest BCUT2D eigenvalue weighted by Crippen LogP contribution is 2.24. The van der Waals surface area contributed by atoms with Gasteiger partial charge in [-0.1, -0.05) is 72.8 Å². The van der Waals surface area contributed by atoms with Gasteiger partial charge in [0.2, 0.25) is 0 Å². The zero-order valence-corrected chi connectivity index (χ0v) is 14.4. The van der Waals surface area contributed by atoms with Crippen LogP contribution in [0, 0.1) is 5.82 Å². The second-order valence-electron chi connectivity index (χ2n) is 5.93. The van der Waals surface area contributed by atoms with Crippen LogP contribution in [-0.2, 0) is 4.79 Å². The minimum Gasteiger partial charge on any atom is -0.272 e. The van der Waals surface area contributed by atoms with Gasteiger partial charge in [0.25, 0.3) is 5.91 Å². The van der Waals surface area contributed by atoms with Crippen LogP contribution < -0.4 is 5.43 Å². The lowest BCUT2D eigenvalue weighted by Crippen LogP contribution is -2.27. The number of benzene rings is 3. The van der Waals surface area contributed by atoms with E-state index < -0.39 is 5.92 Å². The first-order chi connectivity index (χ1) is 12.6. The number of nitrogens with zero attached hydrogens (tertiary/aromatic N) is 1. The van der Waals surface area contributed by atoms with Crippen LogP contribution in [-0.4, -0.2) is 11.6 Å². The molecule has 3 rings (SSSR count). The molecule has 0 heterocycles. The molecule has 0 fully saturated rings. The second-order valence-corrected chi connectivity index (χ2v) is 5.93. The number of hydrazone groups is 1. The lowest BCUT2D eigenvalue weighted by Gasteiger charge is -2.16. The molecule has 0 unspecified atom stereocenters. The quantitative estimate of drug-likeness (QED) is 0.536. The maximum Gasteiger partial charge on any atom is 0.252 e. The highest BCUT2D eigenvalue weighted by atomic mass is 19.1. The number of hydrogen-bond acceptors (Lipinski definition) is 2. The molecule has 3 nitrogen and oxygen atoms in total. The van der Waals surface area contributed by atoms with Crippen molar-refractivity contribution in [2.24, 2.45) is 5.10 Å². The highest BCUT2D eigenvalue weighted by molar-refractivity contribution is 5.99. The molecule has 0 radical (unpaired) electrons. The molecule has 0 aliphatic rings. The van der Waals surface area contributed by atoms with Crippen molar-refractivity contribution in [1.82, 2.24) is 5.43 Å². The van der Waals surface area contributed by atoms with Crippen LogP contribution in [0.4, 0.5) is 4.39 Å². The molecule has 26 heavy (non-hydrogen) atoms. The van der Waals surface area contributed by atoms with Crippen molar-refractivity contribution < 1.29 is 9.18 Å². The number of amides is 1. The van der Waals surface area contributed by atoms with Gasteiger partial charge in [-0.05, 0) is 35.7 Å². The predicted molar refractivity (Wildman–Crippen MR) is 101 cm³/mol. The molecule has 4 heteroatoms. The van der Waals surface area contributed by atoms with Crippen LogP contribution in [0.2, 0.25) is 0 Å². The molecule has 0 bridgehead atoms. The Morgan fingerprint density at radius 3 is 1.85 bits per heavy atom. The molecular formula is C22H19FN2O. The van der Waals surface area contributed by atoms with Crippen LogP contribution in [0.5, 0.6) is 0 Å². The molecule has 0 aliphatic heterocycles. The van der Waals surface area contributed by atoms with Gasteiger partial charge in [-0.2, -0.15) is 5.10 Å². The average Bonchev–Trinajstić information content (AvgIpc) is 2.68. The van der Waals surface area contributed by atoms with E-state index in [-0.39, 0.29) is 11.7 Å². The van der Waals surface area contributed by atoms with Gasteiger partial charge in [0, 0.05) is 0 Å². The van der Waals surface area contributed by atoms with Crippen molar-refractivity contribution in [3.63, 3.8) is 0 Å². The largest absolute Gasteiger partial charge is 0.272 e. The first-order valence-electron chi connectivity index (χ1n) is 8.35. The van der Waals surface area contributed by atoms with Crippen LogP contribution in [0.15, 0.2) is 90.0 Å². The zero-order valence-electron chi connectivity index (χ0n) is 14.4. The summed E-state index contributed by atoms with van der Waals surface area (Å²) in [6.45, 7) is 1.77. The Morgan fingerprint density at radius 2 is 1.35 bits per heavy atom. The van der Waals surface area contributed by atoms with Gasteiger partial charge in [0.1, 0.15) is 5.82 Å². The monoisotopic (exact) mass is 346 g/mol. The fourth-order valence-electron chi connectivity index (χ4n) is 2.75. The Labute approximate surface area is 152 Å². The topological polar surface area (TPSA) is 41.5 Å². The summed E-state index contributed by atoms with van der Waals surface area (Å²) in [5.41, 5.74) is 5.80.